The molecular weight excluding hydrogens is 400 g/mol. The lowest BCUT2D eigenvalue weighted by atomic mass is 10.2. The van der Waals surface area contributed by atoms with E-state index in [0.717, 1.165) is 31.4 Å². The van der Waals surface area contributed by atoms with Crippen molar-refractivity contribution in [3.8, 4) is 10.6 Å². The van der Waals surface area contributed by atoms with Gasteiger partial charge in [-0.3, -0.25) is 4.40 Å². The second kappa shape index (κ2) is 5.81. The molecule has 0 aliphatic heterocycles. The molecule has 0 N–H and O–H groups in total. The minimum Gasteiger partial charge on any atom is -0.259 e. The first-order valence-corrected chi connectivity index (χ1v) is 10.4. The topological polar surface area (TPSA) is 86.2 Å². The molecule has 6 aromatic rings. The molecule has 0 unspecified atom stereocenters. The number of fused-ring (bicyclic) bond motifs is 4. The third-order valence-corrected chi connectivity index (χ3v) is 6.67. The van der Waals surface area contributed by atoms with Gasteiger partial charge in [0.05, 0.1) is 5.39 Å². The second-order valence-electron chi connectivity index (χ2n) is 5.61. The van der Waals surface area contributed by atoms with Crippen molar-refractivity contribution >= 4 is 55.3 Å². The van der Waals surface area contributed by atoms with Crippen LogP contribution >= 0.6 is 34.4 Å². The Labute approximate surface area is 163 Å². The summed E-state index contributed by atoms with van der Waals surface area (Å²) in [6.45, 7) is 0. The number of rotatable bonds is 3. The molecule has 0 spiro atoms. The Bertz CT molecular complexity index is 1410. The fourth-order valence-corrected chi connectivity index (χ4v) is 5.16. The molecule has 130 valence electrons. The largest absolute Gasteiger partial charge is 0.259 e. The molecule has 0 atom stereocenters. The molecular formula is C16H8N8S3. The quantitative estimate of drug-likeness (QED) is 0.442. The highest BCUT2D eigenvalue weighted by Gasteiger charge is 2.18. The zero-order valence-corrected chi connectivity index (χ0v) is 15.9. The number of aromatic nitrogens is 8. The highest BCUT2D eigenvalue weighted by atomic mass is 32.2. The summed E-state index contributed by atoms with van der Waals surface area (Å²) in [4.78, 5) is 6.16. The maximum atomic E-state index is 4.66. The van der Waals surface area contributed by atoms with Crippen molar-refractivity contribution in [2.24, 2.45) is 0 Å². The van der Waals surface area contributed by atoms with Gasteiger partial charge in [0.15, 0.2) is 5.65 Å². The molecule has 0 radical (unpaired) electrons. The van der Waals surface area contributed by atoms with Crippen LogP contribution in [0.1, 0.15) is 0 Å². The fraction of sp³-hybridized carbons (Fsp3) is 0. The van der Waals surface area contributed by atoms with Gasteiger partial charge in [-0.15, -0.1) is 31.7 Å². The summed E-state index contributed by atoms with van der Waals surface area (Å²) < 4.78 is 3.61. The predicted molar refractivity (Wildman–Crippen MR) is 104 cm³/mol. The molecule has 27 heavy (non-hydrogen) atoms. The average molecular weight is 408 g/mol. The van der Waals surface area contributed by atoms with E-state index in [1.165, 1.54) is 23.1 Å². The van der Waals surface area contributed by atoms with Crippen LogP contribution in [-0.2, 0) is 0 Å². The molecule has 0 fully saturated rings. The molecule has 5 heterocycles. The summed E-state index contributed by atoms with van der Waals surface area (Å²) in [6.07, 6.45) is 1.74. The van der Waals surface area contributed by atoms with E-state index in [-0.39, 0.29) is 0 Å². The Balaban J connectivity index is 1.44. The summed E-state index contributed by atoms with van der Waals surface area (Å²) in [7, 11) is 0. The standard InChI is InChI=1S/C16H8N8S3/c1-2-4-9(5-3-1)12-22-24-15(26-12)20-21-16(24)27-14-19-18-11-10-6-7-25-13(10)17-8-23(11)14/h1-8H. The predicted octanol–water partition coefficient (Wildman–Crippen LogP) is 3.66. The lowest BCUT2D eigenvalue weighted by Gasteiger charge is -1.97. The molecule has 0 bridgehead atoms. The van der Waals surface area contributed by atoms with Crippen LogP contribution in [0, 0.1) is 0 Å². The van der Waals surface area contributed by atoms with Gasteiger partial charge >= 0.3 is 0 Å². The lowest BCUT2D eigenvalue weighted by molar-refractivity contribution is 0.814. The molecule has 0 aliphatic rings. The smallest absolute Gasteiger partial charge is 0.235 e. The molecule has 8 nitrogen and oxygen atoms in total. The van der Waals surface area contributed by atoms with E-state index in [1.54, 1.807) is 22.2 Å². The molecule has 11 heteroatoms. The highest BCUT2D eigenvalue weighted by molar-refractivity contribution is 7.99. The van der Waals surface area contributed by atoms with Crippen LogP contribution in [0.4, 0.5) is 0 Å². The van der Waals surface area contributed by atoms with Gasteiger partial charge in [-0.1, -0.05) is 41.7 Å². The van der Waals surface area contributed by atoms with Crippen LogP contribution in [-0.4, -0.2) is 39.4 Å². The maximum Gasteiger partial charge on any atom is 0.235 e. The van der Waals surface area contributed by atoms with Crippen molar-refractivity contribution in [3.05, 3.63) is 48.1 Å². The van der Waals surface area contributed by atoms with Gasteiger partial charge in [0.25, 0.3) is 0 Å². The molecule has 6 rings (SSSR count). The van der Waals surface area contributed by atoms with Crippen molar-refractivity contribution in [2.45, 2.75) is 10.3 Å². The molecule has 0 amide bonds. The number of hydrogen-bond donors (Lipinski definition) is 0. The van der Waals surface area contributed by atoms with Crippen LogP contribution < -0.4 is 0 Å². The zero-order chi connectivity index (χ0) is 17.8. The maximum absolute atomic E-state index is 4.66. The Morgan fingerprint density at radius 3 is 2.74 bits per heavy atom. The van der Waals surface area contributed by atoms with E-state index in [0.29, 0.717) is 10.3 Å². The van der Waals surface area contributed by atoms with Crippen LogP contribution in [0.25, 0.3) is 31.4 Å². The van der Waals surface area contributed by atoms with Crippen LogP contribution in [0.2, 0.25) is 0 Å². The first-order valence-electron chi connectivity index (χ1n) is 7.89. The SMILES string of the molecule is c1ccc(-c2nn3c(Sc4nnc5c6ccsc6ncn45)nnc3s2)cc1. The Morgan fingerprint density at radius 1 is 0.926 bits per heavy atom. The fourth-order valence-electron chi connectivity index (χ4n) is 2.76. The van der Waals surface area contributed by atoms with E-state index < -0.39 is 0 Å². The summed E-state index contributed by atoms with van der Waals surface area (Å²) in [5.74, 6) is 0. The van der Waals surface area contributed by atoms with Crippen molar-refractivity contribution < 1.29 is 0 Å². The van der Waals surface area contributed by atoms with E-state index in [4.69, 9.17) is 0 Å². The Hall–Kier alpha value is -2.89. The minimum absolute atomic E-state index is 0.642. The molecule has 0 saturated carbocycles. The summed E-state index contributed by atoms with van der Waals surface area (Å²) in [6, 6.07) is 12.0. The molecule has 0 aliphatic carbocycles. The second-order valence-corrected chi connectivity index (χ2v) is 8.40. The lowest BCUT2D eigenvalue weighted by Crippen LogP contribution is -1.93. The minimum atomic E-state index is 0.642. The van der Waals surface area contributed by atoms with Crippen molar-refractivity contribution in [3.63, 3.8) is 0 Å². The number of thiophene rings is 1. The van der Waals surface area contributed by atoms with Gasteiger partial charge in [-0.05, 0) is 23.2 Å². The van der Waals surface area contributed by atoms with E-state index in [2.05, 4.69) is 30.5 Å². The molecule has 0 saturated heterocycles. The van der Waals surface area contributed by atoms with Gasteiger partial charge in [0.1, 0.15) is 16.2 Å². The molecule has 5 aromatic heterocycles. The van der Waals surface area contributed by atoms with Crippen molar-refractivity contribution in [1.82, 2.24) is 39.4 Å². The van der Waals surface area contributed by atoms with E-state index in [9.17, 15) is 0 Å². The van der Waals surface area contributed by atoms with Crippen LogP contribution in [0.3, 0.4) is 0 Å². The Kier molecular flexibility index (Phi) is 3.27. The van der Waals surface area contributed by atoms with Gasteiger partial charge in [0, 0.05) is 5.56 Å². The summed E-state index contributed by atoms with van der Waals surface area (Å²) in [5.41, 5.74) is 1.84. The van der Waals surface area contributed by atoms with Crippen LogP contribution in [0.15, 0.2) is 58.4 Å². The van der Waals surface area contributed by atoms with Gasteiger partial charge in [-0.2, -0.15) is 9.61 Å². The van der Waals surface area contributed by atoms with Gasteiger partial charge in [-0.25, -0.2) is 4.98 Å². The van der Waals surface area contributed by atoms with E-state index in [1.807, 2.05) is 46.2 Å². The number of hydrogen-bond acceptors (Lipinski definition) is 9. The summed E-state index contributed by atoms with van der Waals surface area (Å²) >= 11 is 4.45. The monoisotopic (exact) mass is 408 g/mol. The zero-order valence-electron chi connectivity index (χ0n) is 13.4. The van der Waals surface area contributed by atoms with E-state index >= 15 is 0 Å². The van der Waals surface area contributed by atoms with Crippen LogP contribution in [0.5, 0.6) is 0 Å². The average Bonchev–Trinajstić information content (AvgIpc) is 3.46. The van der Waals surface area contributed by atoms with Gasteiger partial charge in [0.2, 0.25) is 15.3 Å². The third kappa shape index (κ3) is 2.36. The summed E-state index contributed by atoms with van der Waals surface area (Å²) in [5, 5.41) is 27.0. The first-order chi connectivity index (χ1) is 13.4. The number of benzene rings is 1. The van der Waals surface area contributed by atoms with Crippen molar-refractivity contribution in [2.75, 3.05) is 0 Å². The normalized spacial score (nSPS) is 11.9. The van der Waals surface area contributed by atoms with Crippen molar-refractivity contribution in [1.29, 1.82) is 0 Å². The number of nitrogens with zero attached hydrogens (tertiary/aromatic N) is 8. The third-order valence-electron chi connectivity index (χ3n) is 4.01. The van der Waals surface area contributed by atoms with Gasteiger partial charge < -0.3 is 0 Å². The first kappa shape index (κ1) is 15.2. The highest BCUT2D eigenvalue weighted by Crippen LogP contribution is 2.31. The Morgan fingerprint density at radius 2 is 1.81 bits per heavy atom. The molecule has 1 aromatic carbocycles.